The number of aryl methyl sites for hydroxylation is 1. The van der Waals surface area contributed by atoms with E-state index >= 15 is 0 Å². The van der Waals surface area contributed by atoms with Crippen LogP contribution in [0.15, 0.2) is 48.5 Å². The third-order valence-electron chi connectivity index (χ3n) is 12.5. The first-order valence-corrected chi connectivity index (χ1v) is 17.4. The molecule has 0 N–H and O–H groups in total. The van der Waals surface area contributed by atoms with Crippen molar-refractivity contribution in [1.29, 1.82) is 0 Å². The molecule has 3 fully saturated rings. The second kappa shape index (κ2) is 9.77. The van der Waals surface area contributed by atoms with Crippen molar-refractivity contribution in [2.75, 3.05) is 0 Å². The summed E-state index contributed by atoms with van der Waals surface area (Å²) in [6, 6.07) is 18.1. The lowest BCUT2D eigenvalue weighted by Crippen LogP contribution is -2.41. The second-order valence-corrected chi connectivity index (χ2v) is 17.5. The van der Waals surface area contributed by atoms with Gasteiger partial charge in [-0.2, -0.15) is 0 Å². The minimum atomic E-state index is -0.513. The SMILES string of the molecule is Cc1cc2cc(B3OC(C)(C)C(C)(C)O3)cc3c4cc(B5OC(C)(C)C(C)(C)O5)cc5cc(B6OC(C)(C)C(C)(C)O6)cc(c(c1)c23)c54. The van der Waals surface area contributed by atoms with Crippen LogP contribution < -0.4 is 16.4 Å². The number of fused-ring (bicyclic) bond motifs is 2. The van der Waals surface area contributed by atoms with Crippen LogP contribution in [0.4, 0.5) is 0 Å². The molecule has 48 heavy (non-hydrogen) atoms. The summed E-state index contributed by atoms with van der Waals surface area (Å²) in [5, 5.41) is 9.36. The van der Waals surface area contributed by atoms with Crippen LogP contribution in [0.25, 0.3) is 43.1 Å². The lowest BCUT2D eigenvalue weighted by Gasteiger charge is -2.32. The summed E-state index contributed by atoms with van der Waals surface area (Å²) in [6.45, 7) is 27.4. The van der Waals surface area contributed by atoms with Crippen molar-refractivity contribution in [2.24, 2.45) is 0 Å². The Hall–Kier alpha value is -2.65. The zero-order valence-electron chi connectivity index (χ0n) is 30.8. The molecule has 0 radical (unpaired) electrons. The van der Waals surface area contributed by atoms with E-state index in [0.29, 0.717) is 0 Å². The highest BCUT2D eigenvalue weighted by Crippen LogP contribution is 2.44. The van der Waals surface area contributed by atoms with E-state index in [2.05, 4.69) is 139 Å². The van der Waals surface area contributed by atoms with E-state index in [-0.39, 0.29) is 0 Å². The van der Waals surface area contributed by atoms with Gasteiger partial charge < -0.3 is 27.9 Å². The Balaban J connectivity index is 1.43. The van der Waals surface area contributed by atoms with E-state index in [1.54, 1.807) is 0 Å². The zero-order chi connectivity index (χ0) is 34.6. The van der Waals surface area contributed by atoms with Gasteiger partial charge in [0.05, 0.1) is 33.6 Å². The monoisotopic (exact) mass is 644 g/mol. The average molecular weight is 644 g/mol. The first-order valence-electron chi connectivity index (χ1n) is 17.4. The van der Waals surface area contributed by atoms with Crippen LogP contribution in [0.1, 0.15) is 88.6 Å². The molecule has 0 unspecified atom stereocenters. The first-order chi connectivity index (χ1) is 22.1. The van der Waals surface area contributed by atoms with Gasteiger partial charge in [0.25, 0.3) is 0 Å². The lowest BCUT2D eigenvalue weighted by molar-refractivity contribution is 0.00578. The van der Waals surface area contributed by atoms with Gasteiger partial charge in [-0.25, -0.2) is 0 Å². The fourth-order valence-corrected chi connectivity index (χ4v) is 7.45. The van der Waals surface area contributed by atoms with Gasteiger partial charge in [0.1, 0.15) is 0 Å². The number of hydrogen-bond donors (Lipinski definition) is 0. The van der Waals surface area contributed by atoms with Crippen molar-refractivity contribution in [3.05, 3.63) is 54.1 Å². The summed E-state index contributed by atoms with van der Waals surface area (Å²) in [6.07, 6.45) is 0. The Morgan fingerprint density at radius 2 is 0.604 bits per heavy atom. The van der Waals surface area contributed by atoms with E-state index < -0.39 is 55.0 Å². The van der Waals surface area contributed by atoms with Gasteiger partial charge in [-0.05, 0) is 155 Å². The van der Waals surface area contributed by atoms with Gasteiger partial charge >= 0.3 is 21.4 Å². The third kappa shape index (κ3) is 4.58. The van der Waals surface area contributed by atoms with Crippen LogP contribution in [0.3, 0.4) is 0 Å². The minimum absolute atomic E-state index is 0.442. The molecule has 3 aliphatic rings. The maximum Gasteiger partial charge on any atom is 0.494 e. The lowest BCUT2D eigenvalue weighted by atomic mass is 9.72. The Labute approximate surface area is 285 Å². The topological polar surface area (TPSA) is 55.4 Å². The van der Waals surface area contributed by atoms with E-state index in [9.17, 15) is 0 Å². The van der Waals surface area contributed by atoms with Crippen LogP contribution in [0, 0.1) is 6.92 Å². The van der Waals surface area contributed by atoms with Crippen molar-refractivity contribution in [2.45, 2.75) is 124 Å². The number of benzene rings is 5. The van der Waals surface area contributed by atoms with Gasteiger partial charge in [0, 0.05) is 0 Å². The third-order valence-corrected chi connectivity index (χ3v) is 12.5. The zero-order valence-corrected chi connectivity index (χ0v) is 30.8. The summed E-state index contributed by atoms with van der Waals surface area (Å²) < 4.78 is 39.6. The molecule has 0 atom stereocenters. The number of rotatable bonds is 3. The van der Waals surface area contributed by atoms with Crippen LogP contribution >= 0.6 is 0 Å². The van der Waals surface area contributed by atoms with Crippen LogP contribution in [0.5, 0.6) is 0 Å². The van der Waals surface area contributed by atoms with Crippen LogP contribution in [0.2, 0.25) is 0 Å². The molecular formula is C39H47B3O6. The van der Waals surface area contributed by atoms with Crippen LogP contribution in [-0.4, -0.2) is 55.0 Å². The van der Waals surface area contributed by atoms with Gasteiger partial charge in [0.2, 0.25) is 0 Å². The van der Waals surface area contributed by atoms with E-state index in [1.165, 1.54) is 27.1 Å². The first kappa shape index (κ1) is 32.6. The fraction of sp³-hybridized carbons (Fsp3) is 0.487. The molecule has 3 saturated heterocycles. The molecule has 9 heteroatoms. The Bertz CT molecular complexity index is 2100. The highest BCUT2D eigenvalue weighted by atomic mass is 16.7. The van der Waals surface area contributed by atoms with Gasteiger partial charge in [-0.15, -0.1) is 0 Å². The molecular weight excluding hydrogens is 597 g/mol. The van der Waals surface area contributed by atoms with Crippen molar-refractivity contribution in [1.82, 2.24) is 0 Å². The predicted molar refractivity (Wildman–Crippen MR) is 200 cm³/mol. The maximum atomic E-state index is 6.63. The molecule has 248 valence electrons. The van der Waals surface area contributed by atoms with E-state index in [0.717, 1.165) is 37.9 Å². The smallest absolute Gasteiger partial charge is 0.399 e. The average Bonchev–Trinajstić information content (AvgIpc) is 3.43. The molecule has 5 aromatic carbocycles. The summed E-state index contributed by atoms with van der Waals surface area (Å²) in [5.41, 5.74) is 1.48. The van der Waals surface area contributed by atoms with Gasteiger partial charge in [-0.3, -0.25) is 0 Å². The summed E-state index contributed by atoms with van der Waals surface area (Å²) in [7, 11) is -1.48. The normalized spacial score (nSPS) is 23.9. The van der Waals surface area contributed by atoms with Crippen molar-refractivity contribution in [3.8, 4) is 0 Å². The molecule has 0 bridgehead atoms. The molecule has 0 saturated carbocycles. The molecule has 3 heterocycles. The molecule has 6 nitrogen and oxygen atoms in total. The van der Waals surface area contributed by atoms with Crippen molar-refractivity contribution >= 4 is 80.8 Å². The highest BCUT2D eigenvalue weighted by Gasteiger charge is 2.54. The second-order valence-electron chi connectivity index (χ2n) is 17.5. The standard InChI is InChI=1S/C39H47B3O6/c1-22-14-23-16-25(40-43-34(2,3)35(4,5)44-40)20-30-31-21-27(42-47-38(10,11)39(12,13)48-42)18-24-17-26(41-45-36(6,7)37(8,9)46-41)19-29(33(24)31)28(15-22)32(23)30/h14-21H,1-13H3. The largest absolute Gasteiger partial charge is 0.494 e. The van der Waals surface area contributed by atoms with Gasteiger partial charge in [0.15, 0.2) is 0 Å². The molecule has 3 aliphatic heterocycles. The van der Waals surface area contributed by atoms with Crippen molar-refractivity contribution < 1.29 is 27.9 Å². The van der Waals surface area contributed by atoms with E-state index in [1.807, 2.05) is 0 Å². The highest BCUT2D eigenvalue weighted by molar-refractivity contribution is 6.65. The fourth-order valence-electron chi connectivity index (χ4n) is 7.45. The van der Waals surface area contributed by atoms with Crippen molar-refractivity contribution in [3.63, 3.8) is 0 Å². The van der Waals surface area contributed by atoms with E-state index in [4.69, 9.17) is 27.9 Å². The Morgan fingerprint density at radius 1 is 0.354 bits per heavy atom. The van der Waals surface area contributed by atoms with Crippen LogP contribution in [-0.2, 0) is 27.9 Å². The molecule has 5 aromatic rings. The molecule has 0 amide bonds. The van der Waals surface area contributed by atoms with Gasteiger partial charge in [-0.1, -0.05) is 48.5 Å². The number of hydrogen-bond acceptors (Lipinski definition) is 6. The Morgan fingerprint density at radius 3 is 0.896 bits per heavy atom. The minimum Gasteiger partial charge on any atom is -0.399 e. The molecule has 8 rings (SSSR count). The predicted octanol–water partition coefficient (Wildman–Crippen LogP) is 6.94. The molecule has 0 aliphatic carbocycles. The Kier molecular flexibility index (Phi) is 6.63. The molecule has 0 aromatic heterocycles. The summed E-state index contributed by atoms with van der Waals surface area (Å²) in [4.78, 5) is 0. The molecule has 0 spiro atoms. The summed E-state index contributed by atoms with van der Waals surface area (Å²) in [5.74, 6) is 0. The quantitative estimate of drug-likeness (QED) is 0.121. The maximum absolute atomic E-state index is 6.63. The summed E-state index contributed by atoms with van der Waals surface area (Å²) >= 11 is 0.